The number of hydrogen-bond acceptors (Lipinski definition) is 5. The Morgan fingerprint density at radius 2 is 1.78 bits per heavy atom. The summed E-state index contributed by atoms with van der Waals surface area (Å²) in [6.07, 6.45) is -2.65. The lowest BCUT2D eigenvalue weighted by Gasteiger charge is -2.27. The number of amides is 1. The number of halogens is 5. The highest BCUT2D eigenvalue weighted by atomic mass is 19.4. The van der Waals surface area contributed by atoms with Crippen LogP contribution in [-0.2, 0) is 17.4 Å². The van der Waals surface area contributed by atoms with Gasteiger partial charge in [-0.2, -0.15) is 17.6 Å². The van der Waals surface area contributed by atoms with Crippen molar-refractivity contribution in [1.82, 2.24) is 9.97 Å². The smallest absolute Gasteiger partial charge is 0.368 e. The van der Waals surface area contributed by atoms with Gasteiger partial charge in [-0.3, -0.25) is 4.79 Å². The van der Waals surface area contributed by atoms with Gasteiger partial charge in [-0.05, 0) is 47.7 Å². The number of hydrogen-bond donors (Lipinski definition) is 2. The topological polar surface area (TPSA) is 84.1 Å². The van der Waals surface area contributed by atoms with Crippen molar-refractivity contribution in [3.63, 3.8) is 0 Å². The summed E-state index contributed by atoms with van der Waals surface area (Å²) >= 11 is 0. The van der Waals surface area contributed by atoms with Crippen LogP contribution in [0, 0.1) is 17.6 Å². The number of carbonyl (C=O) groups excluding carboxylic acids is 1. The SMILES string of the molecule is CC1CC(c2ccc(C(F)(F)F)cc2)N(c2ncnc(NC(Cc3ccc(F)cc3)C(N)=O)c2F)C1. The van der Waals surface area contributed by atoms with Gasteiger partial charge in [-0.1, -0.05) is 31.2 Å². The first-order chi connectivity index (χ1) is 17.0. The number of alkyl halides is 3. The van der Waals surface area contributed by atoms with Crippen LogP contribution in [-0.4, -0.2) is 28.5 Å². The normalized spacial score (nSPS) is 18.8. The Morgan fingerprint density at radius 3 is 2.39 bits per heavy atom. The molecule has 3 atom stereocenters. The standard InChI is InChI=1S/C25H24F5N5O/c1-14-10-20(16-4-6-17(7-5-16)25(28,29)30)35(12-14)24-21(27)23(32-13-33-24)34-19(22(31)36)11-15-2-8-18(26)9-3-15/h2-9,13-14,19-20H,10-12H2,1H3,(H2,31,36)(H,32,33,34). The van der Waals surface area contributed by atoms with Gasteiger partial charge in [0.2, 0.25) is 11.7 Å². The molecule has 1 aromatic heterocycles. The van der Waals surface area contributed by atoms with E-state index in [1.807, 2.05) is 6.92 Å². The third-order valence-electron chi connectivity index (χ3n) is 6.18. The molecule has 1 aliphatic rings. The van der Waals surface area contributed by atoms with Crippen LogP contribution in [0.3, 0.4) is 0 Å². The molecular weight excluding hydrogens is 481 g/mol. The first-order valence-corrected chi connectivity index (χ1v) is 11.3. The van der Waals surface area contributed by atoms with Crippen molar-refractivity contribution in [2.45, 2.75) is 38.0 Å². The number of rotatable bonds is 7. The van der Waals surface area contributed by atoms with Crippen molar-refractivity contribution in [3.05, 3.63) is 83.2 Å². The van der Waals surface area contributed by atoms with Gasteiger partial charge >= 0.3 is 6.18 Å². The molecule has 1 saturated heterocycles. The average molecular weight is 505 g/mol. The molecule has 11 heteroatoms. The Bertz CT molecular complexity index is 1220. The van der Waals surface area contributed by atoms with Gasteiger partial charge in [0.15, 0.2) is 11.6 Å². The van der Waals surface area contributed by atoms with Crippen LogP contribution in [0.15, 0.2) is 54.9 Å². The van der Waals surface area contributed by atoms with Gasteiger partial charge in [0.25, 0.3) is 0 Å². The summed E-state index contributed by atoms with van der Waals surface area (Å²) in [5, 5.41) is 2.72. The molecule has 3 aromatic rings. The molecule has 1 amide bonds. The molecule has 36 heavy (non-hydrogen) atoms. The zero-order valence-corrected chi connectivity index (χ0v) is 19.3. The van der Waals surface area contributed by atoms with Crippen LogP contribution >= 0.6 is 0 Å². The average Bonchev–Trinajstić information content (AvgIpc) is 3.22. The predicted octanol–water partition coefficient (Wildman–Crippen LogP) is 4.87. The lowest BCUT2D eigenvalue weighted by atomic mass is 9.99. The maximum absolute atomic E-state index is 15.6. The molecular formula is C25H24F5N5O. The second-order valence-corrected chi connectivity index (χ2v) is 8.92. The van der Waals surface area contributed by atoms with Gasteiger partial charge in [-0.15, -0.1) is 0 Å². The fourth-order valence-electron chi connectivity index (χ4n) is 4.40. The minimum absolute atomic E-state index is 0.0354. The maximum atomic E-state index is 15.6. The Hall–Kier alpha value is -3.76. The van der Waals surface area contributed by atoms with Crippen molar-refractivity contribution >= 4 is 17.5 Å². The molecule has 2 heterocycles. The molecule has 3 N–H and O–H groups in total. The second kappa shape index (κ2) is 10.1. The van der Waals surface area contributed by atoms with E-state index in [2.05, 4.69) is 15.3 Å². The molecule has 2 aromatic carbocycles. The minimum Gasteiger partial charge on any atom is -0.368 e. The maximum Gasteiger partial charge on any atom is 0.416 e. The van der Waals surface area contributed by atoms with Gasteiger partial charge in [0, 0.05) is 13.0 Å². The van der Waals surface area contributed by atoms with E-state index >= 15 is 4.39 Å². The van der Waals surface area contributed by atoms with Gasteiger partial charge in [0.1, 0.15) is 18.2 Å². The molecule has 0 aliphatic carbocycles. The first kappa shape index (κ1) is 25.3. The van der Waals surface area contributed by atoms with E-state index in [-0.39, 0.29) is 24.0 Å². The van der Waals surface area contributed by atoms with E-state index < -0.39 is 41.4 Å². The van der Waals surface area contributed by atoms with E-state index in [4.69, 9.17) is 5.73 Å². The molecule has 0 radical (unpaired) electrons. The van der Waals surface area contributed by atoms with E-state index in [9.17, 15) is 22.4 Å². The van der Waals surface area contributed by atoms with Crippen molar-refractivity contribution in [3.8, 4) is 0 Å². The highest BCUT2D eigenvalue weighted by Gasteiger charge is 2.36. The summed E-state index contributed by atoms with van der Waals surface area (Å²) in [6.45, 7) is 2.38. The number of nitrogens with one attached hydrogen (secondary N) is 1. The molecule has 0 saturated carbocycles. The summed E-state index contributed by atoms with van der Waals surface area (Å²) in [7, 11) is 0. The number of nitrogens with zero attached hydrogens (tertiary/aromatic N) is 3. The van der Waals surface area contributed by atoms with Crippen molar-refractivity contribution in [1.29, 1.82) is 0 Å². The molecule has 1 aliphatic heterocycles. The number of nitrogens with two attached hydrogens (primary N) is 1. The highest BCUT2D eigenvalue weighted by Crippen LogP contribution is 2.40. The van der Waals surface area contributed by atoms with Crippen molar-refractivity contribution in [2.24, 2.45) is 11.7 Å². The lowest BCUT2D eigenvalue weighted by Crippen LogP contribution is -2.38. The number of benzene rings is 2. The van der Waals surface area contributed by atoms with Gasteiger partial charge < -0.3 is 16.0 Å². The van der Waals surface area contributed by atoms with Crippen molar-refractivity contribution in [2.75, 3.05) is 16.8 Å². The summed E-state index contributed by atoms with van der Waals surface area (Å²) < 4.78 is 67.7. The number of carbonyl (C=O) groups is 1. The largest absolute Gasteiger partial charge is 0.416 e. The third kappa shape index (κ3) is 5.55. The Labute approximate surface area is 204 Å². The molecule has 0 spiro atoms. The number of anilines is 2. The van der Waals surface area contributed by atoms with E-state index in [1.54, 1.807) is 4.90 Å². The first-order valence-electron chi connectivity index (χ1n) is 11.3. The second-order valence-electron chi connectivity index (χ2n) is 8.92. The summed E-state index contributed by atoms with van der Waals surface area (Å²) in [6, 6.07) is 8.84. The quantitative estimate of drug-likeness (QED) is 0.448. The number of primary amides is 1. The van der Waals surface area contributed by atoms with Gasteiger partial charge in [0.05, 0.1) is 11.6 Å². The number of aromatic nitrogens is 2. The van der Waals surface area contributed by atoms with Crippen LogP contribution in [0.25, 0.3) is 0 Å². The van der Waals surface area contributed by atoms with E-state index in [1.165, 1.54) is 36.4 Å². The zero-order valence-electron chi connectivity index (χ0n) is 19.3. The van der Waals surface area contributed by atoms with Crippen LogP contribution in [0.5, 0.6) is 0 Å². The Kier molecular flexibility index (Phi) is 7.09. The lowest BCUT2D eigenvalue weighted by molar-refractivity contribution is -0.137. The molecule has 3 unspecified atom stereocenters. The fourth-order valence-corrected chi connectivity index (χ4v) is 4.40. The molecule has 1 fully saturated rings. The molecule has 4 rings (SSSR count). The molecule has 190 valence electrons. The third-order valence-corrected chi connectivity index (χ3v) is 6.18. The zero-order chi connectivity index (χ0) is 26.0. The summed E-state index contributed by atoms with van der Waals surface area (Å²) in [5.41, 5.74) is 5.95. The monoisotopic (exact) mass is 505 g/mol. The summed E-state index contributed by atoms with van der Waals surface area (Å²) in [4.78, 5) is 21.7. The van der Waals surface area contributed by atoms with Crippen LogP contribution in [0.4, 0.5) is 33.6 Å². The Morgan fingerprint density at radius 1 is 1.11 bits per heavy atom. The van der Waals surface area contributed by atoms with E-state index in [0.717, 1.165) is 18.5 Å². The molecule has 0 bridgehead atoms. The van der Waals surface area contributed by atoms with Crippen molar-refractivity contribution < 1.29 is 26.7 Å². The van der Waals surface area contributed by atoms with Gasteiger partial charge in [-0.25, -0.2) is 14.4 Å². The van der Waals surface area contributed by atoms with Crippen LogP contribution in [0.1, 0.15) is 36.1 Å². The fraction of sp³-hybridized carbons (Fsp3) is 0.320. The van der Waals surface area contributed by atoms with E-state index in [0.29, 0.717) is 24.1 Å². The van der Waals surface area contributed by atoms with Crippen LogP contribution in [0.2, 0.25) is 0 Å². The predicted molar refractivity (Wildman–Crippen MR) is 124 cm³/mol. The summed E-state index contributed by atoms with van der Waals surface area (Å²) in [5.74, 6) is -2.15. The highest BCUT2D eigenvalue weighted by molar-refractivity contribution is 5.83. The molecule has 6 nitrogen and oxygen atoms in total. The van der Waals surface area contributed by atoms with Crippen LogP contribution < -0.4 is 16.0 Å². The minimum atomic E-state index is -4.45. The Balaban J connectivity index is 1.59.